The molecule has 19 heavy (non-hydrogen) atoms. The monoisotopic (exact) mass is 288 g/mol. The fourth-order valence-electron chi connectivity index (χ4n) is 3.78. The zero-order valence-electron chi connectivity index (χ0n) is 12.6. The Balaban J connectivity index is 0.00000180. The molecule has 3 nitrogen and oxygen atoms in total. The normalized spacial score (nSPS) is 29.8. The van der Waals surface area contributed by atoms with Crippen molar-refractivity contribution in [1.82, 2.24) is 10.2 Å². The van der Waals surface area contributed by atoms with E-state index in [4.69, 9.17) is 0 Å². The van der Waals surface area contributed by atoms with E-state index in [1.54, 1.807) is 0 Å². The molecule has 1 amide bonds. The first kappa shape index (κ1) is 16.8. The Morgan fingerprint density at radius 2 is 2.16 bits per heavy atom. The largest absolute Gasteiger partial charge is 0.342 e. The van der Waals surface area contributed by atoms with Crippen molar-refractivity contribution in [1.29, 1.82) is 0 Å². The standard InChI is InChI=1S/C15H28N2O.ClH/c1-4-17(10-12(2)3)14(18)15-8-6-5-7-13(15)9-16-11-15;/h12-13,16H,4-11H2,1-3H3;1H/t13-,15+;/m0./s1. The quantitative estimate of drug-likeness (QED) is 0.863. The highest BCUT2D eigenvalue weighted by Gasteiger charge is 2.51. The molecule has 1 aliphatic carbocycles. The maximum Gasteiger partial charge on any atom is 0.230 e. The minimum atomic E-state index is -0.0663. The highest BCUT2D eigenvalue weighted by atomic mass is 35.5. The van der Waals surface area contributed by atoms with Crippen molar-refractivity contribution in [3.05, 3.63) is 0 Å². The van der Waals surface area contributed by atoms with Gasteiger partial charge in [-0.05, 0) is 38.1 Å². The summed E-state index contributed by atoms with van der Waals surface area (Å²) in [6.45, 7) is 10.2. The van der Waals surface area contributed by atoms with Crippen molar-refractivity contribution >= 4 is 18.3 Å². The molecule has 4 heteroatoms. The fourth-order valence-corrected chi connectivity index (χ4v) is 3.78. The van der Waals surface area contributed by atoms with E-state index in [1.165, 1.54) is 19.3 Å². The first-order valence-electron chi connectivity index (χ1n) is 7.60. The van der Waals surface area contributed by atoms with Gasteiger partial charge in [-0.25, -0.2) is 0 Å². The van der Waals surface area contributed by atoms with Gasteiger partial charge in [0.05, 0.1) is 5.41 Å². The van der Waals surface area contributed by atoms with E-state index in [-0.39, 0.29) is 17.8 Å². The maximum atomic E-state index is 13.0. The first-order chi connectivity index (χ1) is 8.60. The highest BCUT2D eigenvalue weighted by molar-refractivity contribution is 5.85. The van der Waals surface area contributed by atoms with Crippen LogP contribution in [0.15, 0.2) is 0 Å². The molecule has 2 aliphatic rings. The van der Waals surface area contributed by atoms with Crippen molar-refractivity contribution in [3.8, 4) is 0 Å². The molecule has 1 aliphatic heterocycles. The van der Waals surface area contributed by atoms with Gasteiger partial charge in [-0.1, -0.05) is 26.7 Å². The van der Waals surface area contributed by atoms with Crippen LogP contribution in [-0.2, 0) is 4.79 Å². The maximum absolute atomic E-state index is 13.0. The molecule has 0 aromatic rings. The molecule has 0 radical (unpaired) electrons. The van der Waals surface area contributed by atoms with Crippen molar-refractivity contribution in [2.24, 2.45) is 17.3 Å². The van der Waals surface area contributed by atoms with Crippen LogP contribution in [0.4, 0.5) is 0 Å². The molecule has 0 aromatic carbocycles. The van der Waals surface area contributed by atoms with E-state index in [0.29, 0.717) is 17.7 Å². The molecule has 1 N–H and O–H groups in total. The molecule has 1 saturated carbocycles. The number of fused-ring (bicyclic) bond motifs is 1. The lowest BCUT2D eigenvalue weighted by Crippen LogP contribution is -2.50. The van der Waals surface area contributed by atoms with Gasteiger partial charge in [0.2, 0.25) is 5.91 Å². The molecule has 2 rings (SSSR count). The van der Waals surface area contributed by atoms with E-state index < -0.39 is 0 Å². The second-order valence-corrected chi connectivity index (χ2v) is 6.47. The summed E-state index contributed by atoms with van der Waals surface area (Å²) < 4.78 is 0. The summed E-state index contributed by atoms with van der Waals surface area (Å²) in [7, 11) is 0. The Labute approximate surface area is 123 Å². The zero-order chi connectivity index (χ0) is 13.2. The molecule has 0 unspecified atom stereocenters. The number of hydrogen-bond acceptors (Lipinski definition) is 2. The lowest BCUT2D eigenvalue weighted by atomic mass is 9.67. The van der Waals surface area contributed by atoms with Gasteiger partial charge in [-0.3, -0.25) is 4.79 Å². The molecule has 2 atom stereocenters. The third-order valence-corrected chi connectivity index (χ3v) is 4.72. The van der Waals surface area contributed by atoms with Gasteiger partial charge in [-0.15, -0.1) is 12.4 Å². The van der Waals surface area contributed by atoms with Gasteiger partial charge in [0, 0.05) is 19.6 Å². The minimum Gasteiger partial charge on any atom is -0.342 e. The smallest absolute Gasteiger partial charge is 0.230 e. The van der Waals surface area contributed by atoms with Gasteiger partial charge >= 0.3 is 0 Å². The second-order valence-electron chi connectivity index (χ2n) is 6.47. The van der Waals surface area contributed by atoms with E-state index in [9.17, 15) is 4.79 Å². The molecular weight excluding hydrogens is 260 g/mol. The van der Waals surface area contributed by atoms with E-state index in [0.717, 1.165) is 32.6 Å². The summed E-state index contributed by atoms with van der Waals surface area (Å²) in [5, 5.41) is 3.47. The average Bonchev–Trinajstić information content (AvgIpc) is 2.79. The van der Waals surface area contributed by atoms with E-state index >= 15 is 0 Å². The predicted molar refractivity (Wildman–Crippen MR) is 81.6 cm³/mol. The molecule has 0 spiro atoms. The highest BCUT2D eigenvalue weighted by Crippen LogP contribution is 2.45. The predicted octanol–water partition coefficient (Wildman–Crippen LogP) is 2.69. The molecule has 1 saturated heterocycles. The molecular formula is C15H29ClN2O. The van der Waals surface area contributed by atoms with Crippen LogP contribution in [0.25, 0.3) is 0 Å². The fraction of sp³-hybridized carbons (Fsp3) is 0.933. The Morgan fingerprint density at radius 1 is 1.42 bits per heavy atom. The summed E-state index contributed by atoms with van der Waals surface area (Å²) in [5.74, 6) is 1.56. The van der Waals surface area contributed by atoms with Crippen LogP contribution in [0.2, 0.25) is 0 Å². The first-order valence-corrected chi connectivity index (χ1v) is 7.60. The number of nitrogens with one attached hydrogen (secondary N) is 1. The lowest BCUT2D eigenvalue weighted by molar-refractivity contribution is -0.145. The molecule has 0 aromatic heterocycles. The van der Waals surface area contributed by atoms with Crippen molar-refractivity contribution in [3.63, 3.8) is 0 Å². The zero-order valence-corrected chi connectivity index (χ0v) is 13.4. The number of hydrogen-bond donors (Lipinski definition) is 1. The van der Waals surface area contributed by atoms with Gasteiger partial charge in [0.15, 0.2) is 0 Å². The van der Waals surface area contributed by atoms with Crippen molar-refractivity contribution in [2.45, 2.75) is 46.5 Å². The summed E-state index contributed by atoms with van der Waals surface area (Å²) in [6, 6.07) is 0. The van der Waals surface area contributed by atoms with Crippen LogP contribution in [0.3, 0.4) is 0 Å². The Morgan fingerprint density at radius 3 is 2.79 bits per heavy atom. The summed E-state index contributed by atoms with van der Waals surface area (Å²) >= 11 is 0. The topological polar surface area (TPSA) is 32.3 Å². The van der Waals surface area contributed by atoms with Crippen molar-refractivity contribution < 1.29 is 4.79 Å². The number of rotatable bonds is 4. The minimum absolute atomic E-state index is 0. The SMILES string of the molecule is CCN(CC(C)C)C(=O)[C@@]12CCCC[C@H]1CNC2.Cl. The van der Waals surface area contributed by atoms with E-state index in [2.05, 4.69) is 31.0 Å². The average molecular weight is 289 g/mol. The van der Waals surface area contributed by atoms with Crippen LogP contribution >= 0.6 is 12.4 Å². The Kier molecular flexibility index (Phi) is 6.13. The van der Waals surface area contributed by atoms with Crippen LogP contribution in [-0.4, -0.2) is 37.0 Å². The second kappa shape index (κ2) is 6.94. The van der Waals surface area contributed by atoms with Gasteiger partial charge in [0.25, 0.3) is 0 Å². The van der Waals surface area contributed by atoms with Gasteiger partial charge in [-0.2, -0.15) is 0 Å². The van der Waals surface area contributed by atoms with Gasteiger partial charge in [0.1, 0.15) is 0 Å². The number of amides is 1. The van der Waals surface area contributed by atoms with E-state index in [1.807, 2.05) is 0 Å². The lowest BCUT2D eigenvalue weighted by Gasteiger charge is -2.41. The Hall–Kier alpha value is -0.280. The molecule has 1 heterocycles. The Bertz CT molecular complexity index is 309. The van der Waals surface area contributed by atoms with Crippen molar-refractivity contribution in [2.75, 3.05) is 26.2 Å². The third kappa shape index (κ3) is 3.25. The number of halogens is 1. The summed E-state index contributed by atoms with van der Waals surface area (Å²) in [6.07, 6.45) is 4.86. The third-order valence-electron chi connectivity index (χ3n) is 4.72. The number of carbonyl (C=O) groups is 1. The summed E-state index contributed by atoms with van der Waals surface area (Å²) in [4.78, 5) is 15.0. The van der Waals surface area contributed by atoms with Crippen LogP contribution in [0.1, 0.15) is 46.5 Å². The van der Waals surface area contributed by atoms with Crippen LogP contribution in [0, 0.1) is 17.3 Å². The molecule has 112 valence electrons. The van der Waals surface area contributed by atoms with Crippen LogP contribution in [0.5, 0.6) is 0 Å². The molecule has 2 fully saturated rings. The summed E-state index contributed by atoms with van der Waals surface area (Å²) in [5.41, 5.74) is -0.0663. The molecule has 0 bridgehead atoms. The number of nitrogens with zero attached hydrogens (tertiary/aromatic N) is 1. The van der Waals surface area contributed by atoms with Gasteiger partial charge < -0.3 is 10.2 Å². The number of carbonyl (C=O) groups excluding carboxylic acids is 1. The van der Waals surface area contributed by atoms with Crippen LogP contribution < -0.4 is 5.32 Å².